The minimum absolute atomic E-state index is 0.0601. The van der Waals surface area contributed by atoms with Crippen LogP contribution in [0.5, 0.6) is 23.0 Å². The number of methoxy groups -OCH3 is 1. The summed E-state index contributed by atoms with van der Waals surface area (Å²) < 4.78 is 23.9. The number of halogens is 1. The molecule has 1 amide bonds. The first-order valence-electron chi connectivity index (χ1n) is 16.1. The van der Waals surface area contributed by atoms with Gasteiger partial charge in [0.15, 0.2) is 0 Å². The quantitative estimate of drug-likeness (QED) is 0.314. The highest BCUT2D eigenvalue weighted by Gasteiger charge is 2.42. The molecule has 0 radical (unpaired) electrons. The minimum atomic E-state index is -0.730. The van der Waals surface area contributed by atoms with Crippen LogP contribution < -0.4 is 18.9 Å². The van der Waals surface area contributed by atoms with Gasteiger partial charge in [-0.3, -0.25) is 4.79 Å². The third-order valence-electron chi connectivity index (χ3n) is 9.46. The number of aliphatic hydroxyl groups excluding tert-OH is 1. The summed E-state index contributed by atoms with van der Waals surface area (Å²) in [5.74, 6) is 2.64. The molecule has 3 aliphatic rings. The first-order chi connectivity index (χ1) is 22.2. The molecule has 2 fully saturated rings. The number of hydrogen-bond acceptors (Lipinski definition) is 8. The van der Waals surface area contributed by atoms with Gasteiger partial charge in [0.05, 0.1) is 12.7 Å². The predicted molar refractivity (Wildman–Crippen MR) is 177 cm³/mol. The summed E-state index contributed by atoms with van der Waals surface area (Å²) in [5, 5.41) is 11.8. The van der Waals surface area contributed by atoms with E-state index < -0.39 is 6.10 Å². The van der Waals surface area contributed by atoms with E-state index in [9.17, 15) is 9.90 Å². The fourth-order valence-corrected chi connectivity index (χ4v) is 6.85. The van der Waals surface area contributed by atoms with Crippen LogP contribution in [0.25, 0.3) is 0 Å². The lowest BCUT2D eigenvalue weighted by Crippen LogP contribution is -2.49. The Bertz CT molecular complexity index is 1510. The van der Waals surface area contributed by atoms with Gasteiger partial charge in [0.25, 0.3) is 5.91 Å². The molecule has 6 rings (SSSR count). The molecule has 1 spiro atoms. The maximum Gasteiger partial charge on any atom is 0.257 e. The van der Waals surface area contributed by atoms with Gasteiger partial charge in [0.1, 0.15) is 47.9 Å². The summed E-state index contributed by atoms with van der Waals surface area (Å²) in [5.41, 5.74) is 2.43. The van der Waals surface area contributed by atoms with Gasteiger partial charge in [-0.05, 0) is 74.1 Å². The summed E-state index contributed by atoms with van der Waals surface area (Å²) in [6.45, 7) is 3.89. The molecular weight excluding hydrogens is 606 g/mol. The van der Waals surface area contributed by atoms with Gasteiger partial charge in [-0.1, -0.05) is 23.7 Å². The molecule has 3 heterocycles. The van der Waals surface area contributed by atoms with Gasteiger partial charge in [-0.2, -0.15) is 0 Å². The van der Waals surface area contributed by atoms with Crippen molar-refractivity contribution in [2.24, 2.45) is 0 Å². The smallest absolute Gasteiger partial charge is 0.257 e. The third-order valence-corrected chi connectivity index (χ3v) is 9.69. The second-order valence-corrected chi connectivity index (χ2v) is 13.4. The number of ether oxygens (including phenoxy) is 4. The number of carbonyl (C=O) groups excluding carboxylic acids is 1. The molecule has 3 aromatic rings. The Kier molecular flexibility index (Phi) is 9.94. The lowest BCUT2D eigenvalue weighted by atomic mass is 9.87. The van der Waals surface area contributed by atoms with Crippen molar-refractivity contribution < 1.29 is 28.8 Å². The fourth-order valence-electron chi connectivity index (χ4n) is 6.66. The second-order valence-electron chi connectivity index (χ2n) is 12.9. The molecule has 3 aromatic carbocycles. The van der Waals surface area contributed by atoms with E-state index in [1.165, 1.54) is 5.56 Å². The molecule has 1 N–H and O–H groups in total. The van der Waals surface area contributed by atoms with Crippen LogP contribution in [0.15, 0.2) is 60.7 Å². The van der Waals surface area contributed by atoms with E-state index >= 15 is 0 Å². The molecule has 246 valence electrons. The number of likely N-dealkylation sites (tertiary alicyclic amines) is 2. The molecule has 10 heteroatoms. The number of nitrogens with zero attached hydrogens (tertiary/aromatic N) is 3. The molecule has 3 aliphatic heterocycles. The first kappa shape index (κ1) is 32.4. The maximum absolute atomic E-state index is 13.7. The SMILES string of the molecule is COc1ccc(COc2ccc(C(=O)N3CC[C@@H](N(C)C)C3)c(OC[C@@H](O)CN3CCC4(CC3)Cc3cc(Cl)ccc3O4)c2)cc1. The largest absolute Gasteiger partial charge is 0.497 e. The van der Waals surface area contributed by atoms with Crippen molar-refractivity contribution in [1.82, 2.24) is 14.7 Å². The minimum Gasteiger partial charge on any atom is -0.497 e. The van der Waals surface area contributed by atoms with Crippen molar-refractivity contribution in [3.05, 3.63) is 82.4 Å². The van der Waals surface area contributed by atoms with E-state index in [4.69, 9.17) is 30.5 Å². The molecule has 9 nitrogen and oxygen atoms in total. The van der Waals surface area contributed by atoms with Crippen molar-refractivity contribution in [2.75, 3.05) is 60.5 Å². The zero-order chi connectivity index (χ0) is 32.3. The van der Waals surface area contributed by atoms with Crippen LogP contribution in [0.2, 0.25) is 5.02 Å². The zero-order valence-electron chi connectivity index (χ0n) is 26.9. The summed E-state index contributed by atoms with van der Waals surface area (Å²) in [6.07, 6.45) is 2.82. The van der Waals surface area contributed by atoms with Crippen LogP contribution in [-0.4, -0.2) is 104 Å². The Hall–Kier alpha value is -3.50. The predicted octanol–water partition coefficient (Wildman–Crippen LogP) is 4.91. The maximum atomic E-state index is 13.7. The van der Waals surface area contributed by atoms with Gasteiger partial charge in [-0.15, -0.1) is 0 Å². The molecule has 2 atom stereocenters. The van der Waals surface area contributed by atoms with E-state index in [0.29, 0.717) is 49.3 Å². The van der Waals surface area contributed by atoms with Gasteiger partial charge >= 0.3 is 0 Å². The van der Waals surface area contributed by atoms with Crippen LogP contribution in [-0.2, 0) is 13.0 Å². The standard InChI is InChI=1S/C36H44ClN3O6/c1-38(2)28-12-15-40(21-28)35(42)32-10-9-31(44-23-25-4-7-30(43-3)8-5-25)19-34(32)45-24-29(41)22-39-16-13-36(14-17-39)20-26-18-27(37)6-11-33(26)46-36/h4-11,18-19,28-29,41H,12-17,20-24H2,1-3H3/t28-,29+/m1/s1. The number of piperidine rings is 1. The molecule has 0 aliphatic carbocycles. The Balaban J connectivity index is 1.07. The summed E-state index contributed by atoms with van der Waals surface area (Å²) in [4.78, 5) is 19.9. The molecule has 2 saturated heterocycles. The highest BCUT2D eigenvalue weighted by atomic mass is 35.5. The Morgan fingerprint density at radius 2 is 1.80 bits per heavy atom. The number of carbonyl (C=O) groups is 1. The number of rotatable bonds is 11. The number of hydrogen-bond donors (Lipinski definition) is 1. The second kappa shape index (κ2) is 14.1. The number of likely N-dealkylation sites (N-methyl/N-ethyl adjacent to an activating group) is 1. The van der Waals surface area contributed by atoms with Crippen LogP contribution >= 0.6 is 11.6 Å². The Morgan fingerprint density at radius 1 is 1.04 bits per heavy atom. The molecule has 0 bridgehead atoms. The summed E-state index contributed by atoms with van der Waals surface area (Å²) in [6, 6.07) is 19.2. The molecular formula is C36H44ClN3O6. The average molecular weight is 650 g/mol. The Labute approximate surface area is 276 Å². The fraction of sp³-hybridized carbons (Fsp3) is 0.472. The monoisotopic (exact) mass is 649 g/mol. The van der Waals surface area contributed by atoms with Crippen LogP contribution in [0, 0.1) is 0 Å². The number of benzene rings is 3. The van der Waals surface area contributed by atoms with Gasteiger partial charge < -0.3 is 38.8 Å². The van der Waals surface area contributed by atoms with Crippen LogP contribution in [0.1, 0.15) is 40.7 Å². The van der Waals surface area contributed by atoms with Crippen molar-refractivity contribution in [2.45, 2.75) is 50.0 Å². The lowest BCUT2D eigenvalue weighted by molar-refractivity contribution is -0.00203. The molecule has 46 heavy (non-hydrogen) atoms. The summed E-state index contributed by atoms with van der Waals surface area (Å²) >= 11 is 6.20. The van der Waals surface area contributed by atoms with Crippen LogP contribution in [0.4, 0.5) is 0 Å². The average Bonchev–Trinajstić information content (AvgIpc) is 3.69. The molecule has 0 saturated carbocycles. The number of β-amino-alcohol motifs (C(OH)–C–C–N with tert-alkyl or cyclic N) is 1. The van der Waals surface area contributed by atoms with E-state index in [-0.39, 0.29) is 18.1 Å². The molecule has 0 aromatic heterocycles. The highest BCUT2D eigenvalue weighted by Crippen LogP contribution is 2.42. The normalized spacial score (nSPS) is 19.6. The first-order valence-corrected chi connectivity index (χ1v) is 16.4. The zero-order valence-corrected chi connectivity index (χ0v) is 27.7. The van der Waals surface area contributed by atoms with Crippen molar-refractivity contribution >= 4 is 17.5 Å². The van der Waals surface area contributed by atoms with E-state index in [1.54, 1.807) is 25.3 Å². The Morgan fingerprint density at radius 3 is 2.52 bits per heavy atom. The van der Waals surface area contributed by atoms with Crippen molar-refractivity contribution in [3.63, 3.8) is 0 Å². The van der Waals surface area contributed by atoms with E-state index in [1.807, 2.05) is 61.5 Å². The lowest BCUT2D eigenvalue weighted by Gasteiger charge is -2.39. The van der Waals surface area contributed by atoms with E-state index in [2.05, 4.69) is 9.80 Å². The van der Waals surface area contributed by atoms with Gasteiger partial charge in [0.2, 0.25) is 0 Å². The summed E-state index contributed by atoms with van der Waals surface area (Å²) in [7, 11) is 5.72. The number of aliphatic hydroxyl groups is 1. The highest BCUT2D eigenvalue weighted by molar-refractivity contribution is 6.30. The van der Waals surface area contributed by atoms with Crippen molar-refractivity contribution in [1.29, 1.82) is 0 Å². The third kappa shape index (κ3) is 7.55. The van der Waals surface area contributed by atoms with Crippen molar-refractivity contribution in [3.8, 4) is 23.0 Å². The van der Waals surface area contributed by atoms with Crippen LogP contribution in [0.3, 0.4) is 0 Å². The van der Waals surface area contributed by atoms with Gasteiger partial charge in [0, 0.05) is 69.1 Å². The van der Waals surface area contributed by atoms with Gasteiger partial charge in [-0.25, -0.2) is 0 Å². The molecule has 0 unspecified atom stereocenters. The number of fused-ring (bicyclic) bond motifs is 1. The topological polar surface area (TPSA) is 83.9 Å². The van der Waals surface area contributed by atoms with E-state index in [0.717, 1.165) is 60.9 Å². The number of amides is 1.